The number of cyclic esters (lactones) is 1. The zero-order valence-electron chi connectivity index (χ0n) is 19.1. The standard InChI is InChI=1S/C24H24FN5O5/c1-29-21(32)5-3-14-2-4-18(25)17(22(14)29)7-9-26-8-6-16-12-30(24(33)35-16)20-11-27-23-19(28-20)10-15(31)13-34-23/h2-5,11,16,26H,6-10,12-13H2,1H3/t16-/m1/s1. The molecule has 2 aliphatic heterocycles. The smallest absolute Gasteiger partial charge is 0.415 e. The van der Waals surface area contributed by atoms with Crippen molar-refractivity contribution in [2.45, 2.75) is 25.4 Å². The molecule has 1 aromatic carbocycles. The van der Waals surface area contributed by atoms with Crippen molar-refractivity contribution < 1.29 is 23.5 Å². The Kier molecular flexibility index (Phi) is 6.16. The summed E-state index contributed by atoms with van der Waals surface area (Å²) in [5.74, 6) is 0.186. The summed E-state index contributed by atoms with van der Waals surface area (Å²) in [5.41, 5.74) is 1.31. The van der Waals surface area contributed by atoms with Gasteiger partial charge in [-0.3, -0.25) is 14.5 Å². The fourth-order valence-electron chi connectivity index (χ4n) is 4.40. The number of anilines is 1. The van der Waals surface area contributed by atoms with E-state index in [1.54, 1.807) is 19.2 Å². The van der Waals surface area contributed by atoms with Gasteiger partial charge in [-0.15, -0.1) is 0 Å². The fraction of sp³-hybridized carbons (Fsp3) is 0.375. The van der Waals surface area contributed by atoms with Gasteiger partial charge >= 0.3 is 6.09 Å². The number of amides is 1. The number of Topliss-reactive ketones (excluding diaryl/α,β-unsaturated/α-hetero) is 1. The number of rotatable bonds is 7. The van der Waals surface area contributed by atoms with Gasteiger partial charge in [0.05, 0.1) is 24.7 Å². The number of carbonyl (C=O) groups is 2. The van der Waals surface area contributed by atoms with Crippen molar-refractivity contribution in [1.29, 1.82) is 0 Å². The number of ketones is 1. The van der Waals surface area contributed by atoms with E-state index >= 15 is 0 Å². The van der Waals surface area contributed by atoms with Crippen LogP contribution in [-0.2, 0) is 29.4 Å². The Morgan fingerprint density at radius 3 is 2.86 bits per heavy atom. The minimum atomic E-state index is -0.522. The van der Waals surface area contributed by atoms with Crippen molar-refractivity contribution in [2.24, 2.45) is 7.05 Å². The maximum absolute atomic E-state index is 14.5. The number of fused-ring (bicyclic) bond motifs is 2. The summed E-state index contributed by atoms with van der Waals surface area (Å²) in [7, 11) is 1.64. The molecule has 0 unspecified atom stereocenters. The number of carbonyl (C=O) groups excluding carboxylic acids is 2. The second-order valence-electron chi connectivity index (χ2n) is 8.58. The molecule has 5 rings (SSSR count). The van der Waals surface area contributed by atoms with E-state index < -0.39 is 6.09 Å². The lowest BCUT2D eigenvalue weighted by molar-refractivity contribution is -0.121. The zero-order valence-corrected chi connectivity index (χ0v) is 19.1. The van der Waals surface area contributed by atoms with Crippen molar-refractivity contribution in [3.8, 4) is 5.88 Å². The van der Waals surface area contributed by atoms with Crippen molar-refractivity contribution in [3.05, 3.63) is 57.9 Å². The number of nitrogens with one attached hydrogen (secondary N) is 1. The van der Waals surface area contributed by atoms with Crippen molar-refractivity contribution in [3.63, 3.8) is 0 Å². The summed E-state index contributed by atoms with van der Waals surface area (Å²) >= 11 is 0. The highest BCUT2D eigenvalue weighted by molar-refractivity contribution is 5.89. The minimum Gasteiger partial charge on any atom is -0.468 e. The number of hydrogen-bond acceptors (Lipinski definition) is 8. The molecule has 3 aromatic rings. The predicted octanol–water partition coefficient (Wildman–Crippen LogP) is 1.52. The van der Waals surface area contributed by atoms with Crippen LogP contribution in [0.25, 0.3) is 10.9 Å². The second-order valence-corrected chi connectivity index (χ2v) is 8.58. The van der Waals surface area contributed by atoms with Crippen LogP contribution in [-0.4, -0.2) is 58.8 Å². The molecule has 0 aliphatic carbocycles. The summed E-state index contributed by atoms with van der Waals surface area (Å²) in [6.45, 7) is 1.33. The van der Waals surface area contributed by atoms with Gasteiger partial charge in [-0.25, -0.2) is 19.2 Å². The third-order valence-electron chi connectivity index (χ3n) is 6.20. The van der Waals surface area contributed by atoms with Gasteiger partial charge in [0.25, 0.3) is 5.56 Å². The highest BCUT2D eigenvalue weighted by Gasteiger charge is 2.34. The van der Waals surface area contributed by atoms with Gasteiger partial charge in [-0.05, 0) is 49.5 Å². The Hall–Kier alpha value is -3.86. The average Bonchev–Trinajstić information content (AvgIpc) is 3.22. The first-order valence-corrected chi connectivity index (χ1v) is 11.4. The Bertz CT molecular complexity index is 1370. The molecule has 2 aromatic heterocycles. The molecule has 0 bridgehead atoms. The highest BCUT2D eigenvalue weighted by Crippen LogP contribution is 2.25. The molecule has 11 heteroatoms. The number of aromatic nitrogens is 3. The third-order valence-corrected chi connectivity index (χ3v) is 6.20. The first kappa shape index (κ1) is 22.9. The largest absolute Gasteiger partial charge is 0.468 e. The molecule has 1 N–H and O–H groups in total. The molecule has 1 amide bonds. The average molecular weight is 481 g/mol. The van der Waals surface area contributed by atoms with E-state index in [2.05, 4.69) is 15.3 Å². The van der Waals surface area contributed by atoms with E-state index in [1.807, 2.05) is 0 Å². The molecular weight excluding hydrogens is 457 g/mol. The van der Waals surface area contributed by atoms with Crippen LogP contribution < -0.4 is 20.5 Å². The first-order chi connectivity index (χ1) is 16.9. The molecular formula is C24H24FN5O5. The molecule has 0 spiro atoms. The summed E-state index contributed by atoms with van der Waals surface area (Å²) in [5, 5.41) is 4.06. The number of benzene rings is 1. The molecule has 0 saturated carbocycles. The maximum Gasteiger partial charge on any atom is 0.415 e. The van der Waals surface area contributed by atoms with Gasteiger partial charge in [0.1, 0.15) is 24.2 Å². The van der Waals surface area contributed by atoms with Crippen LogP contribution in [0.3, 0.4) is 0 Å². The van der Waals surface area contributed by atoms with Crippen LogP contribution in [0, 0.1) is 5.82 Å². The van der Waals surface area contributed by atoms with Gasteiger partial charge in [0, 0.05) is 18.7 Å². The number of hydrogen-bond donors (Lipinski definition) is 1. The van der Waals surface area contributed by atoms with E-state index in [4.69, 9.17) is 9.47 Å². The molecule has 4 heterocycles. The second kappa shape index (κ2) is 9.41. The van der Waals surface area contributed by atoms with Crippen LogP contribution in [0.5, 0.6) is 5.88 Å². The van der Waals surface area contributed by atoms with Crippen LogP contribution in [0.1, 0.15) is 17.7 Å². The van der Waals surface area contributed by atoms with Gasteiger partial charge in [-0.1, -0.05) is 0 Å². The number of ether oxygens (including phenoxy) is 2. The van der Waals surface area contributed by atoms with E-state index in [-0.39, 0.29) is 36.3 Å². The van der Waals surface area contributed by atoms with Crippen molar-refractivity contribution in [2.75, 3.05) is 31.1 Å². The Morgan fingerprint density at radius 1 is 1.17 bits per heavy atom. The van der Waals surface area contributed by atoms with Crippen LogP contribution in [0.2, 0.25) is 0 Å². The number of nitrogens with zero attached hydrogens (tertiary/aromatic N) is 4. The van der Waals surface area contributed by atoms with E-state index in [0.717, 1.165) is 5.39 Å². The van der Waals surface area contributed by atoms with Crippen LogP contribution >= 0.6 is 0 Å². The highest BCUT2D eigenvalue weighted by atomic mass is 19.1. The molecule has 1 fully saturated rings. The normalized spacial score (nSPS) is 17.4. The summed E-state index contributed by atoms with van der Waals surface area (Å²) in [4.78, 5) is 45.9. The van der Waals surface area contributed by atoms with E-state index in [1.165, 1.54) is 27.8 Å². The third kappa shape index (κ3) is 4.59. The Labute approximate surface area is 199 Å². The molecule has 1 saturated heterocycles. The Morgan fingerprint density at radius 2 is 2.00 bits per heavy atom. The van der Waals surface area contributed by atoms with E-state index in [9.17, 15) is 18.8 Å². The fourth-order valence-corrected chi connectivity index (χ4v) is 4.40. The number of halogens is 1. The molecule has 35 heavy (non-hydrogen) atoms. The predicted molar refractivity (Wildman–Crippen MR) is 124 cm³/mol. The molecule has 2 aliphatic rings. The van der Waals surface area contributed by atoms with Gasteiger partial charge in [-0.2, -0.15) is 0 Å². The lowest BCUT2D eigenvalue weighted by atomic mass is 10.1. The molecule has 182 valence electrons. The lowest BCUT2D eigenvalue weighted by Crippen LogP contribution is -2.29. The van der Waals surface area contributed by atoms with E-state index in [0.29, 0.717) is 60.9 Å². The quantitative estimate of drug-likeness (QED) is 0.505. The van der Waals surface area contributed by atoms with Crippen LogP contribution in [0.4, 0.5) is 15.0 Å². The topological polar surface area (TPSA) is 116 Å². The van der Waals surface area contributed by atoms with Crippen LogP contribution in [0.15, 0.2) is 35.3 Å². The van der Waals surface area contributed by atoms with Gasteiger partial charge < -0.3 is 19.4 Å². The van der Waals surface area contributed by atoms with Gasteiger partial charge in [0.2, 0.25) is 5.88 Å². The SMILES string of the molecule is Cn1c(=O)ccc2ccc(F)c(CCNCC[C@@H]3CN(c4cnc5c(n4)CC(=O)CO5)C(=O)O3)c21. The summed E-state index contributed by atoms with van der Waals surface area (Å²) < 4.78 is 26.7. The number of pyridine rings is 1. The minimum absolute atomic E-state index is 0.0207. The zero-order chi connectivity index (χ0) is 24.5. The number of aryl methyl sites for hydroxylation is 1. The summed E-state index contributed by atoms with van der Waals surface area (Å²) in [6, 6.07) is 6.25. The maximum atomic E-state index is 14.5. The molecule has 10 nitrogen and oxygen atoms in total. The van der Waals surface area contributed by atoms with Crippen molar-refractivity contribution >= 4 is 28.6 Å². The molecule has 1 atom stereocenters. The van der Waals surface area contributed by atoms with Gasteiger partial charge in [0.15, 0.2) is 11.6 Å². The Balaban J connectivity index is 1.15. The first-order valence-electron chi connectivity index (χ1n) is 11.4. The van der Waals surface area contributed by atoms with Crippen molar-refractivity contribution in [1.82, 2.24) is 19.9 Å². The molecule has 0 radical (unpaired) electrons. The lowest BCUT2D eigenvalue weighted by Gasteiger charge is -2.17. The summed E-state index contributed by atoms with van der Waals surface area (Å²) in [6.07, 6.45) is 1.65. The monoisotopic (exact) mass is 481 g/mol.